The van der Waals surface area contributed by atoms with Gasteiger partial charge in [0.1, 0.15) is 5.82 Å². The highest BCUT2D eigenvalue weighted by Gasteiger charge is 2.15. The first-order valence-corrected chi connectivity index (χ1v) is 9.70. The number of aromatic nitrogens is 2. The van der Waals surface area contributed by atoms with E-state index in [1.165, 1.54) is 24.0 Å². The fraction of sp³-hybridized carbons (Fsp3) is 0.125. The molecule has 2 amide bonds. The van der Waals surface area contributed by atoms with E-state index >= 15 is 0 Å². The average molecular weight is 416 g/mol. The predicted octanol–water partition coefficient (Wildman–Crippen LogP) is 4.47. The zero-order valence-corrected chi connectivity index (χ0v) is 17.4. The van der Waals surface area contributed by atoms with Gasteiger partial charge in [-0.3, -0.25) is 14.0 Å². The molecular formula is C24H21FN4O2. The fourth-order valence-electron chi connectivity index (χ4n) is 3.45. The van der Waals surface area contributed by atoms with Crippen LogP contribution in [-0.2, 0) is 4.79 Å². The summed E-state index contributed by atoms with van der Waals surface area (Å²) in [5.41, 5.74) is 4.83. The van der Waals surface area contributed by atoms with E-state index in [4.69, 9.17) is 0 Å². The number of hydrogen-bond donors (Lipinski definition) is 1. The molecule has 0 aliphatic carbocycles. The summed E-state index contributed by atoms with van der Waals surface area (Å²) >= 11 is 0. The number of amides is 2. The van der Waals surface area contributed by atoms with Crippen LogP contribution in [0.25, 0.3) is 28.0 Å². The molecule has 0 unspecified atom stereocenters. The summed E-state index contributed by atoms with van der Waals surface area (Å²) in [6.45, 7) is 1.43. The van der Waals surface area contributed by atoms with E-state index in [0.717, 1.165) is 22.4 Å². The molecule has 0 spiro atoms. The summed E-state index contributed by atoms with van der Waals surface area (Å²) in [4.78, 5) is 30.2. The second-order valence-electron chi connectivity index (χ2n) is 7.45. The van der Waals surface area contributed by atoms with E-state index < -0.39 is 0 Å². The molecule has 0 aliphatic rings. The molecule has 4 aromatic rings. The monoisotopic (exact) mass is 416 g/mol. The van der Waals surface area contributed by atoms with Crippen molar-refractivity contribution in [2.24, 2.45) is 0 Å². The number of fused-ring (bicyclic) bond motifs is 1. The zero-order valence-electron chi connectivity index (χ0n) is 17.4. The van der Waals surface area contributed by atoms with Crippen LogP contribution in [0.5, 0.6) is 0 Å². The maximum atomic E-state index is 13.4. The van der Waals surface area contributed by atoms with Gasteiger partial charge >= 0.3 is 0 Å². The van der Waals surface area contributed by atoms with Gasteiger partial charge in [0, 0.05) is 43.9 Å². The molecule has 2 aromatic carbocycles. The first-order valence-electron chi connectivity index (χ1n) is 9.70. The topological polar surface area (TPSA) is 66.7 Å². The van der Waals surface area contributed by atoms with Crippen LogP contribution in [-0.4, -0.2) is 40.2 Å². The number of benzene rings is 2. The first-order chi connectivity index (χ1) is 14.8. The Morgan fingerprint density at radius 2 is 1.74 bits per heavy atom. The Bertz CT molecular complexity index is 1290. The van der Waals surface area contributed by atoms with Gasteiger partial charge in [-0.2, -0.15) is 0 Å². The van der Waals surface area contributed by atoms with Crippen LogP contribution in [0, 0.1) is 5.82 Å². The van der Waals surface area contributed by atoms with Gasteiger partial charge in [0.2, 0.25) is 5.91 Å². The highest BCUT2D eigenvalue weighted by Crippen LogP contribution is 2.31. The molecule has 31 heavy (non-hydrogen) atoms. The van der Waals surface area contributed by atoms with Crippen molar-refractivity contribution in [3.05, 3.63) is 78.4 Å². The van der Waals surface area contributed by atoms with Crippen molar-refractivity contribution in [3.8, 4) is 22.4 Å². The molecule has 0 saturated heterocycles. The van der Waals surface area contributed by atoms with Crippen molar-refractivity contribution in [2.45, 2.75) is 6.92 Å². The molecule has 7 heteroatoms. The Morgan fingerprint density at radius 3 is 2.42 bits per heavy atom. The van der Waals surface area contributed by atoms with Crippen molar-refractivity contribution in [1.29, 1.82) is 0 Å². The van der Waals surface area contributed by atoms with Crippen LogP contribution in [0.2, 0.25) is 0 Å². The average Bonchev–Trinajstić information content (AvgIpc) is 3.17. The number of carbonyl (C=O) groups excluding carboxylic acids is 2. The van der Waals surface area contributed by atoms with Crippen molar-refractivity contribution < 1.29 is 14.0 Å². The molecule has 0 radical (unpaired) electrons. The van der Waals surface area contributed by atoms with Gasteiger partial charge in [-0.1, -0.05) is 12.1 Å². The molecular weight excluding hydrogens is 395 g/mol. The molecule has 2 aromatic heterocycles. The van der Waals surface area contributed by atoms with Crippen LogP contribution in [0.1, 0.15) is 17.3 Å². The van der Waals surface area contributed by atoms with Crippen molar-refractivity contribution in [1.82, 2.24) is 14.3 Å². The van der Waals surface area contributed by atoms with E-state index in [2.05, 4.69) is 10.3 Å². The molecule has 0 fully saturated rings. The number of anilines is 1. The van der Waals surface area contributed by atoms with Crippen molar-refractivity contribution in [2.75, 3.05) is 19.4 Å². The number of hydrogen-bond acceptors (Lipinski definition) is 3. The van der Waals surface area contributed by atoms with Gasteiger partial charge in [0.15, 0.2) is 5.65 Å². The van der Waals surface area contributed by atoms with Crippen molar-refractivity contribution in [3.63, 3.8) is 0 Å². The molecule has 6 nitrogen and oxygen atoms in total. The quantitative estimate of drug-likeness (QED) is 0.534. The Kier molecular flexibility index (Phi) is 5.25. The van der Waals surface area contributed by atoms with E-state index in [-0.39, 0.29) is 17.6 Å². The van der Waals surface area contributed by atoms with Crippen LogP contribution < -0.4 is 5.32 Å². The third-order valence-corrected chi connectivity index (χ3v) is 4.91. The number of halogens is 1. The van der Waals surface area contributed by atoms with Gasteiger partial charge < -0.3 is 10.2 Å². The fourth-order valence-corrected chi connectivity index (χ4v) is 3.45. The van der Waals surface area contributed by atoms with Gasteiger partial charge in [0.05, 0.1) is 17.6 Å². The Morgan fingerprint density at radius 1 is 1.00 bits per heavy atom. The normalized spacial score (nSPS) is 10.8. The largest absolute Gasteiger partial charge is 0.345 e. The van der Waals surface area contributed by atoms with Gasteiger partial charge in [-0.15, -0.1) is 0 Å². The number of pyridine rings is 1. The summed E-state index contributed by atoms with van der Waals surface area (Å²) < 4.78 is 15.2. The Hall–Kier alpha value is -4.00. The Balaban J connectivity index is 1.91. The summed E-state index contributed by atoms with van der Waals surface area (Å²) in [6.07, 6.45) is 3.58. The maximum absolute atomic E-state index is 13.4. The summed E-state index contributed by atoms with van der Waals surface area (Å²) in [5, 5.41) is 2.83. The minimum atomic E-state index is -0.320. The lowest BCUT2D eigenvalue weighted by atomic mass is 10.0. The van der Waals surface area contributed by atoms with Crippen LogP contribution in [0.15, 0.2) is 67.0 Å². The maximum Gasteiger partial charge on any atom is 0.253 e. The summed E-state index contributed by atoms with van der Waals surface area (Å²) in [6, 6.07) is 15.3. The lowest BCUT2D eigenvalue weighted by Crippen LogP contribution is -2.21. The van der Waals surface area contributed by atoms with Crippen molar-refractivity contribution >= 4 is 23.1 Å². The second kappa shape index (κ2) is 8.02. The third-order valence-electron chi connectivity index (χ3n) is 4.91. The summed E-state index contributed by atoms with van der Waals surface area (Å²) in [5.74, 6) is -0.638. The summed E-state index contributed by atoms with van der Waals surface area (Å²) in [7, 11) is 3.41. The third kappa shape index (κ3) is 4.02. The number of nitrogens with zero attached hydrogens (tertiary/aromatic N) is 3. The first kappa shape index (κ1) is 20.3. The molecule has 156 valence electrons. The van der Waals surface area contributed by atoms with E-state index in [0.29, 0.717) is 16.9 Å². The van der Waals surface area contributed by atoms with Crippen LogP contribution in [0.3, 0.4) is 0 Å². The van der Waals surface area contributed by atoms with E-state index in [1.807, 2.05) is 34.9 Å². The smallest absolute Gasteiger partial charge is 0.253 e. The minimum Gasteiger partial charge on any atom is -0.345 e. The molecule has 4 rings (SSSR count). The number of imidazole rings is 1. The molecule has 1 N–H and O–H groups in total. The molecule has 0 bridgehead atoms. The SMILES string of the molecule is CC(=O)Nc1cc(-c2cccc(C(=O)N(C)C)c2)cn2c(-c3ccc(F)cc3)cnc12. The minimum absolute atomic E-state index is 0.0976. The number of rotatable bonds is 4. The molecule has 0 atom stereocenters. The van der Waals surface area contributed by atoms with Crippen LogP contribution >= 0.6 is 0 Å². The Labute approximate surface area is 179 Å². The molecule has 0 aliphatic heterocycles. The van der Waals surface area contributed by atoms with Gasteiger partial charge in [0.25, 0.3) is 5.91 Å². The van der Waals surface area contributed by atoms with Crippen LogP contribution in [0.4, 0.5) is 10.1 Å². The lowest BCUT2D eigenvalue weighted by Gasteiger charge is -2.13. The standard InChI is InChI=1S/C24H21FN4O2/c1-15(30)27-21-12-19(17-5-4-6-18(11-17)24(31)28(2)3)14-29-22(13-26-23(21)29)16-7-9-20(25)10-8-16/h4-14H,1-3H3,(H,27,30). The number of carbonyl (C=O) groups is 2. The predicted molar refractivity (Wildman–Crippen MR) is 118 cm³/mol. The second-order valence-corrected chi connectivity index (χ2v) is 7.45. The zero-order chi connectivity index (χ0) is 22.1. The number of nitrogens with one attached hydrogen (secondary N) is 1. The van der Waals surface area contributed by atoms with Gasteiger partial charge in [-0.25, -0.2) is 9.37 Å². The highest BCUT2D eigenvalue weighted by atomic mass is 19.1. The molecule has 2 heterocycles. The lowest BCUT2D eigenvalue weighted by molar-refractivity contribution is -0.114. The van der Waals surface area contributed by atoms with E-state index in [1.54, 1.807) is 38.5 Å². The van der Waals surface area contributed by atoms with Gasteiger partial charge in [-0.05, 0) is 48.0 Å². The molecule has 0 saturated carbocycles. The van der Waals surface area contributed by atoms with E-state index in [9.17, 15) is 14.0 Å². The highest BCUT2D eigenvalue weighted by molar-refractivity contribution is 5.96.